The summed E-state index contributed by atoms with van der Waals surface area (Å²) in [6.45, 7) is -0.527. The molecule has 0 saturated heterocycles. The van der Waals surface area contributed by atoms with Crippen molar-refractivity contribution < 1.29 is 19.8 Å². The average Bonchev–Trinajstić information content (AvgIpc) is 3.20. The van der Waals surface area contributed by atoms with Gasteiger partial charge in [-0.25, -0.2) is 9.98 Å². The Morgan fingerprint density at radius 1 is 1.35 bits per heavy atom. The van der Waals surface area contributed by atoms with Crippen LogP contribution in [0.5, 0.6) is 5.75 Å². The highest BCUT2D eigenvalue weighted by molar-refractivity contribution is 6.16. The minimum Gasteiger partial charge on any atom is -0.508 e. The number of carboxylic acid groups (broad SMARTS) is 1. The molecule has 0 bridgehead atoms. The summed E-state index contributed by atoms with van der Waals surface area (Å²) in [5.74, 6) is -1.40. The van der Waals surface area contributed by atoms with Crippen molar-refractivity contribution >= 4 is 23.8 Å². The summed E-state index contributed by atoms with van der Waals surface area (Å²) in [4.78, 5) is 35.9. The number of carbonyl (C=O) groups excluding carboxylic acids is 1. The van der Waals surface area contributed by atoms with Crippen molar-refractivity contribution in [3.8, 4) is 5.75 Å². The van der Waals surface area contributed by atoms with Gasteiger partial charge in [0.05, 0.1) is 12.4 Å². The van der Waals surface area contributed by atoms with Crippen LogP contribution in [0, 0.1) is 0 Å². The van der Waals surface area contributed by atoms with Gasteiger partial charge >= 0.3 is 5.97 Å². The molecule has 26 heavy (non-hydrogen) atoms. The average molecular weight is 355 g/mol. The molecule has 0 radical (unpaired) electrons. The minimum atomic E-state index is -1.16. The summed E-state index contributed by atoms with van der Waals surface area (Å²) in [5.41, 5.74) is 7.63. The van der Waals surface area contributed by atoms with Crippen LogP contribution in [0.25, 0.3) is 6.08 Å². The Bertz CT molecular complexity index is 871. The second-order valence-corrected chi connectivity index (χ2v) is 5.76. The van der Waals surface area contributed by atoms with Gasteiger partial charge in [-0.15, -0.1) is 0 Å². The fourth-order valence-electron chi connectivity index (χ4n) is 2.59. The fraction of sp³-hybridized carbons (Fsp3) is 0.176. The number of imidazole rings is 1. The van der Waals surface area contributed by atoms with Crippen LogP contribution in [0.4, 0.5) is 0 Å². The van der Waals surface area contributed by atoms with Crippen LogP contribution < -0.4 is 5.73 Å². The zero-order valence-electron chi connectivity index (χ0n) is 13.7. The summed E-state index contributed by atoms with van der Waals surface area (Å²) in [6, 6.07) is 5.53. The van der Waals surface area contributed by atoms with Crippen molar-refractivity contribution in [2.45, 2.75) is 12.5 Å². The molecule has 2 heterocycles. The number of amidine groups is 1. The third kappa shape index (κ3) is 3.78. The number of aliphatic carboxylic acids is 1. The van der Waals surface area contributed by atoms with Crippen molar-refractivity contribution in [3.63, 3.8) is 0 Å². The molecule has 0 fully saturated rings. The van der Waals surface area contributed by atoms with E-state index in [4.69, 9.17) is 10.8 Å². The third-order valence-electron chi connectivity index (χ3n) is 3.79. The number of carbonyl (C=O) groups is 2. The van der Waals surface area contributed by atoms with Gasteiger partial charge in [0.15, 0.2) is 0 Å². The molecule has 9 heteroatoms. The lowest BCUT2D eigenvalue weighted by Gasteiger charge is -2.20. The van der Waals surface area contributed by atoms with Crippen LogP contribution in [-0.4, -0.2) is 55.4 Å². The van der Waals surface area contributed by atoms with Crippen LogP contribution in [0.1, 0.15) is 11.3 Å². The SMILES string of the molecule is N[C@@H](Cc1cnc[nH]1)C1=N/C(=C/c2ccc(O)cc2)C(=O)N1CC(=O)O. The lowest BCUT2D eigenvalue weighted by molar-refractivity contribution is -0.140. The molecule has 2 aromatic rings. The number of nitrogens with two attached hydrogens (primary N) is 1. The number of amides is 1. The maximum atomic E-state index is 12.6. The predicted molar refractivity (Wildman–Crippen MR) is 93.1 cm³/mol. The Kier molecular flexibility index (Phi) is 4.81. The van der Waals surface area contributed by atoms with Crippen LogP contribution in [0.2, 0.25) is 0 Å². The summed E-state index contributed by atoms with van der Waals surface area (Å²) in [6.07, 6.45) is 4.96. The van der Waals surface area contributed by atoms with Gasteiger partial charge in [-0.05, 0) is 23.8 Å². The van der Waals surface area contributed by atoms with E-state index in [1.54, 1.807) is 18.3 Å². The molecule has 0 aliphatic carbocycles. The van der Waals surface area contributed by atoms with E-state index in [0.717, 1.165) is 10.6 Å². The number of aliphatic imine (C=N–C) groups is 1. The number of benzene rings is 1. The van der Waals surface area contributed by atoms with Crippen LogP contribution >= 0.6 is 0 Å². The van der Waals surface area contributed by atoms with Crippen LogP contribution in [0.15, 0.2) is 47.5 Å². The molecular weight excluding hydrogens is 338 g/mol. The van der Waals surface area contributed by atoms with Gasteiger partial charge in [-0.2, -0.15) is 0 Å². The van der Waals surface area contributed by atoms with Crippen LogP contribution in [-0.2, 0) is 16.0 Å². The van der Waals surface area contributed by atoms with Gasteiger partial charge in [-0.3, -0.25) is 14.5 Å². The van der Waals surface area contributed by atoms with Gasteiger partial charge in [0.2, 0.25) is 0 Å². The van der Waals surface area contributed by atoms with Gasteiger partial charge in [0, 0.05) is 18.3 Å². The number of phenols is 1. The fourth-order valence-corrected chi connectivity index (χ4v) is 2.59. The smallest absolute Gasteiger partial charge is 0.323 e. The van der Waals surface area contributed by atoms with E-state index < -0.39 is 24.5 Å². The van der Waals surface area contributed by atoms with E-state index in [1.165, 1.54) is 24.5 Å². The molecule has 3 rings (SSSR count). The lowest BCUT2D eigenvalue weighted by atomic mass is 10.1. The molecule has 134 valence electrons. The van der Waals surface area contributed by atoms with E-state index in [2.05, 4.69) is 15.0 Å². The number of hydrogen-bond donors (Lipinski definition) is 4. The largest absolute Gasteiger partial charge is 0.508 e. The zero-order valence-corrected chi connectivity index (χ0v) is 13.7. The standard InChI is InChI=1S/C17H17N5O4/c18-13(6-11-7-19-9-20-11)16-21-14(17(26)22(16)8-15(24)25)5-10-1-3-12(23)4-2-10/h1-5,7,9,13,23H,6,8,18H2,(H,19,20)(H,24,25)/b14-5+/t13-/m0/s1. The first-order valence-corrected chi connectivity index (χ1v) is 7.80. The number of nitrogens with zero attached hydrogens (tertiary/aromatic N) is 3. The van der Waals surface area contributed by atoms with Crippen molar-refractivity contribution in [3.05, 3.63) is 53.7 Å². The molecule has 0 spiro atoms. The summed E-state index contributed by atoms with van der Waals surface area (Å²) < 4.78 is 0. The second kappa shape index (κ2) is 7.19. The van der Waals surface area contributed by atoms with E-state index in [1.807, 2.05) is 0 Å². The predicted octanol–water partition coefficient (Wildman–Crippen LogP) is 0.351. The molecule has 0 unspecified atom stereocenters. The van der Waals surface area contributed by atoms with Crippen LogP contribution in [0.3, 0.4) is 0 Å². The number of aromatic hydroxyl groups is 1. The first-order valence-electron chi connectivity index (χ1n) is 7.80. The molecule has 1 atom stereocenters. The Morgan fingerprint density at radius 2 is 2.08 bits per heavy atom. The maximum absolute atomic E-state index is 12.6. The van der Waals surface area contributed by atoms with E-state index in [-0.39, 0.29) is 17.3 Å². The third-order valence-corrected chi connectivity index (χ3v) is 3.79. The second-order valence-electron chi connectivity index (χ2n) is 5.76. The first-order chi connectivity index (χ1) is 12.4. The van der Waals surface area contributed by atoms with Gasteiger partial charge in [0.25, 0.3) is 5.91 Å². The normalized spacial score (nSPS) is 16.8. The van der Waals surface area contributed by atoms with Gasteiger partial charge in [0.1, 0.15) is 23.8 Å². The number of rotatable bonds is 6. The highest BCUT2D eigenvalue weighted by Gasteiger charge is 2.34. The van der Waals surface area contributed by atoms with Crippen molar-refractivity contribution in [2.24, 2.45) is 10.7 Å². The lowest BCUT2D eigenvalue weighted by Crippen LogP contribution is -2.46. The molecule has 5 N–H and O–H groups in total. The summed E-state index contributed by atoms with van der Waals surface area (Å²) in [7, 11) is 0. The number of hydrogen-bond acceptors (Lipinski definition) is 6. The Morgan fingerprint density at radius 3 is 2.69 bits per heavy atom. The number of phenolic OH excluding ortho intramolecular Hbond substituents is 1. The topological polar surface area (TPSA) is 145 Å². The summed E-state index contributed by atoms with van der Waals surface area (Å²) in [5, 5.41) is 18.4. The van der Waals surface area contributed by atoms with E-state index in [0.29, 0.717) is 12.0 Å². The monoisotopic (exact) mass is 355 g/mol. The van der Waals surface area contributed by atoms with Crippen molar-refractivity contribution in [1.82, 2.24) is 14.9 Å². The molecule has 1 aromatic carbocycles. The molecule has 9 nitrogen and oxygen atoms in total. The molecule has 1 aliphatic rings. The highest BCUT2D eigenvalue weighted by Crippen LogP contribution is 2.21. The Labute approximate surface area is 148 Å². The van der Waals surface area contributed by atoms with E-state index >= 15 is 0 Å². The summed E-state index contributed by atoms with van der Waals surface area (Å²) >= 11 is 0. The molecule has 0 saturated carbocycles. The number of carboxylic acids is 1. The van der Waals surface area contributed by atoms with Crippen molar-refractivity contribution in [1.29, 1.82) is 0 Å². The Balaban J connectivity index is 1.90. The molecule has 1 aliphatic heterocycles. The quantitative estimate of drug-likeness (QED) is 0.550. The number of nitrogens with one attached hydrogen (secondary N) is 1. The molecular formula is C17H17N5O4. The van der Waals surface area contributed by atoms with E-state index in [9.17, 15) is 14.7 Å². The Hall–Kier alpha value is -3.46. The number of aromatic nitrogens is 2. The molecule has 1 aromatic heterocycles. The van der Waals surface area contributed by atoms with Gasteiger partial charge < -0.3 is 20.9 Å². The highest BCUT2D eigenvalue weighted by atomic mass is 16.4. The minimum absolute atomic E-state index is 0.0898. The maximum Gasteiger partial charge on any atom is 0.323 e. The molecule has 1 amide bonds. The number of H-pyrrole nitrogens is 1. The zero-order chi connectivity index (χ0) is 18.7. The number of aromatic amines is 1. The van der Waals surface area contributed by atoms with Gasteiger partial charge in [-0.1, -0.05) is 12.1 Å². The first kappa shape index (κ1) is 17.4. The van der Waals surface area contributed by atoms with Crippen molar-refractivity contribution in [2.75, 3.05) is 6.54 Å².